The van der Waals surface area contributed by atoms with Crippen LogP contribution in [0.3, 0.4) is 0 Å². The van der Waals surface area contributed by atoms with Gasteiger partial charge in [-0.05, 0) is 36.8 Å². The van der Waals surface area contributed by atoms with Crippen molar-refractivity contribution in [2.75, 3.05) is 31.7 Å². The summed E-state index contributed by atoms with van der Waals surface area (Å²) in [6.07, 6.45) is -4.52. The van der Waals surface area contributed by atoms with Crippen molar-refractivity contribution in [1.82, 2.24) is 4.31 Å². The minimum atomic E-state index is -4.52. The summed E-state index contributed by atoms with van der Waals surface area (Å²) in [6, 6.07) is 7.79. The van der Waals surface area contributed by atoms with Gasteiger partial charge in [0, 0.05) is 19.2 Å². The molecule has 0 aliphatic carbocycles. The Bertz CT molecular complexity index is 1150. The average molecular weight is 472 g/mol. The highest BCUT2D eigenvalue weighted by atomic mass is 32.2. The second-order valence-electron chi connectivity index (χ2n) is 6.84. The van der Waals surface area contributed by atoms with Crippen LogP contribution in [0.1, 0.15) is 18.1 Å². The molecule has 1 fully saturated rings. The van der Waals surface area contributed by atoms with Crippen LogP contribution in [0, 0.1) is 10.1 Å². The molecule has 172 valence electrons. The summed E-state index contributed by atoms with van der Waals surface area (Å²) in [5.74, 6) is 0. The maximum atomic E-state index is 12.9. The van der Waals surface area contributed by atoms with Gasteiger partial charge < -0.3 is 4.74 Å². The van der Waals surface area contributed by atoms with E-state index in [9.17, 15) is 31.7 Å². The van der Waals surface area contributed by atoms with Gasteiger partial charge in [0.15, 0.2) is 0 Å². The van der Waals surface area contributed by atoms with Gasteiger partial charge in [0.2, 0.25) is 10.0 Å². The van der Waals surface area contributed by atoms with E-state index in [2.05, 4.69) is 10.5 Å². The average Bonchev–Trinajstić information content (AvgIpc) is 2.77. The highest BCUT2D eigenvalue weighted by Gasteiger charge is 2.31. The zero-order chi connectivity index (χ0) is 23.5. The summed E-state index contributed by atoms with van der Waals surface area (Å²) >= 11 is 0. The SMILES string of the molecule is C/C(=N\Nc1ccc(S(=O)(=O)N2CCOCC2)cc1[N+](=O)[O-])c1cccc(C(F)(F)F)c1. The molecule has 32 heavy (non-hydrogen) atoms. The van der Waals surface area contributed by atoms with Gasteiger partial charge in [-0.3, -0.25) is 15.5 Å². The van der Waals surface area contributed by atoms with Crippen LogP contribution in [0.5, 0.6) is 0 Å². The van der Waals surface area contributed by atoms with Crippen LogP contribution in [0.4, 0.5) is 24.5 Å². The third-order valence-corrected chi connectivity index (χ3v) is 6.62. The van der Waals surface area contributed by atoms with Crippen LogP contribution in [0.15, 0.2) is 52.5 Å². The third-order valence-electron chi connectivity index (χ3n) is 4.73. The molecule has 1 saturated heterocycles. The number of nitrogens with one attached hydrogen (secondary N) is 1. The number of sulfonamides is 1. The first-order chi connectivity index (χ1) is 15.0. The predicted molar refractivity (Wildman–Crippen MR) is 110 cm³/mol. The molecule has 0 unspecified atom stereocenters. The summed E-state index contributed by atoms with van der Waals surface area (Å²) < 4.78 is 70.5. The lowest BCUT2D eigenvalue weighted by Gasteiger charge is -2.26. The third kappa shape index (κ3) is 5.23. The molecule has 1 aliphatic rings. The van der Waals surface area contributed by atoms with Crippen molar-refractivity contribution in [2.24, 2.45) is 5.10 Å². The molecule has 0 atom stereocenters. The second-order valence-corrected chi connectivity index (χ2v) is 8.78. The zero-order valence-electron chi connectivity index (χ0n) is 16.8. The fraction of sp³-hybridized carbons (Fsp3) is 0.316. The molecule has 13 heteroatoms. The second kappa shape index (κ2) is 9.22. The maximum absolute atomic E-state index is 12.9. The van der Waals surface area contributed by atoms with Crippen molar-refractivity contribution in [3.8, 4) is 0 Å². The maximum Gasteiger partial charge on any atom is 0.416 e. The quantitative estimate of drug-likeness (QED) is 0.391. The molecule has 3 rings (SSSR count). The van der Waals surface area contributed by atoms with Gasteiger partial charge in [0.25, 0.3) is 5.69 Å². The van der Waals surface area contributed by atoms with Gasteiger partial charge in [0.05, 0.1) is 34.3 Å². The lowest BCUT2D eigenvalue weighted by molar-refractivity contribution is -0.384. The van der Waals surface area contributed by atoms with Gasteiger partial charge >= 0.3 is 6.18 Å². The smallest absolute Gasteiger partial charge is 0.379 e. The normalized spacial score (nSPS) is 16.1. The molecule has 2 aromatic rings. The minimum Gasteiger partial charge on any atom is -0.379 e. The number of halogens is 3. The number of nitro groups is 1. The number of morpholine rings is 1. The molecule has 1 N–H and O–H groups in total. The summed E-state index contributed by atoms with van der Waals surface area (Å²) in [5, 5.41) is 15.4. The molecule has 0 bridgehead atoms. The molecule has 0 radical (unpaired) electrons. The standard InChI is InChI=1S/C19H19F3N4O5S/c1-13(14-3-2-4-15(11-14)19(20,21)22)23-24-17-6-5-16(12-18(17)26(27)28)32(29,30)25-7-9-31-10-8-25/h2-6,11-12,24H,7-10H2,1H3/b23-13+. The summed E-state index contributed by atoms with van der Waals surface area (Å²) in [7, 11) is -3.95. The Hall–Kier alpha value is -3.03. The van der Waals surface area contributed by atoms with Gasteiger partial charge in [-0.2, -0.15) is 22.6 Å². The van der Waals surface area contributed by atoms with Crippen molar-refractivity contribution in [2.45, 2.75) is 18.0 Å². The fourth-order valence-electron chi connectivity index (χ4n) is 2.98. The molecule has 0 spiro atoms. The van der Waals surface area contributed by atoms with E-state index in [-0.39, 0.29) is 48.2 Å². The van der Waals surface area contributed by atoms with E-state index >= 15 is 0 Å². The van der Waals surface area contributed by atoms with Crippen LogP contribution < -0.4 is 5.43 Å². The van der Waals surface area contributed by atoms with Crippen LogP contribution in [0.25, 0.3) is 0 Å². The van der Waals surface area contributed by atoms with Crippen molar-refractivity contribution < 1.29 is 31.2 Å². The zero-order valence-corrected chi connectivity index (χ0v) is 17.6. The Labute approximate surface area is 181 Å². The van der Waals surface area contributed by atoms with Crippen LogP contribution >= 0.6 is 0 Å². The number of ether oxygens (including phenoxy) is 1. The van der Waals surface area contributed by atoms with E-state index in [1.54, 1.807) is 0 Å². The molecule has 9 nitrogen and oxygen atoms in total. The fourth-order valence-corrected chi connectivity index (χ4v) is 4.41. The Balaban J connectivity index is 1.88. The van der Waals surface area contributed by atoms with Crippen LogP contribution in [-0.4, -0.2) is 49.7 Å². The van der Waals surface area contributed by atoms with E-state index in [1.165, 1.54) is 35.5 Å². The number of hydrazone groups is 1. The van der Waals surface area contributed by atoms with E-state index in [4.69, 9.17) is 4.74 Å². The molecule has 0 amide bonds. The molecule has 0 saturated carbocycles. The van der Waals surface area contributed by atoms with Crippen molar-refractivity contribution in [1.29, 1.82) is 0 Å². The highest BCUT2D eigenvalue weighted by Crippen LogP contribution is 2.31. The van der Waals surface area contributed by atoms with Crippen molar-refractivity contribution in [3.05, 3.63) is 63.7 Å². The molecule has 2 aromatic carbocycles. The van der Waals surface area contributed by atoms with E-state index in [0.717, 1.165) is 18.2 Å². The predicted octanol–water partition coefficient (Wildman–Crippen LogP) is 3.47. The highest BCUT2D eigenvalue weighted by molar-refractivity contribution is 7.89. The lowest BCUT2D eigenvalue weighted by atomic mass is 10.1. The largest absolute Gasteiger partial charge is 0.416 e. The number of nitrogens with zero attached hydrogens (tertiary/aromatic N) is 3. The van der Waals surface area contributed by atoms with Crippen molar-refractivity contribution in [3.63, 3.8) is 0 Å². The Morgan fingerprint density at radius 3 is 2.50 bits per heavy atom. The van der Waals surface area contributed by atoms with E-state index in [1.807, 2.05) is 0 Å². The number of benzene rings is 2. The number of hydrogen-bond acceptors (Lipinski definition) is 7. The van der Waals surface area contributed by atoms with E-state index < -0.39 is 32.4 Å². The lowest BCUT2D eigenvalue weighted by Crippen LogP contribution is -2.40. The summed E-state index contributed by atoms with van der Waals surface area (Å²) in [4.78, 5) is 10.5. The van der Waals surface area contributed by atoms with Crippen molar-refractivity contribution >= 4 is 27.1 Å². The molecule has 1 heterocycles. The first-order valence-corrected chi connectivity index (χ1v) is 10.8. The van der Waals surface area contributed by atoms with Gasteiger partial charge in [-0.25, -0.2) is 8.42 Å². The Kier molecular flexibility index (Phi) is 6.81. The first-order valence-electron chi connectivity index (χ1n) is 9.34. The van der Waals surface area contributed by atoms with Gasteiger partial charge in [-0.15, -0.1) is 0 Å². The Morgan fingerprint density at radius 2 is 1.88 bits per heavy atom. The molecular weight excluding hydrogens is 453 g/mol. The topological polar surface area (TPSA) is 114 Å². The van der Waals surface area contributed by atoms with Crippen LogP contribution in [-0.2, 0) is 20.9 Å². The molecule has 1 aliphatic heterocycles. The monoisotopic (exact) mass is 472 g/mol. The summed E-state index contributed by atoms with van der Waals surface area (Å²) in [5.41, 5.74) is 1.26. The molecule has 0 aromatic heterocycles. The summed E-state index contributed by atoms with van der Waals surface area (Å²) in [6.45, 7) is 2.16. The first kappa shape index (κ1) is 23.6. The number of rotatable bonds is 6. The van der Waals surface area contributed by atoms with Crippen LogP contribution in [0.2, 0.25) is 0 Å². The number of nitro benzene ring substituents is 1. The number of anilines is 1. The van der Waals surface area contributed by atoms with Gasteiger partial charge in [-0.1, -0.05) is 12.1 Å². The number of hydrogen-bond donors (Lipinski definition) is 1. The Morgan fingerprint density at radius 1 is 1.19 bits per heavy atom. The van der Waals surface area contributed by atoms with E-state index in [0.29, 0.717) is 0 Å². The number of alkyl halides is 3. The molecular formula is C19H19F3N4O5S. The van der Waals surface area contributed by atoms with Gasteiger partial charge in [0.1, 0.15) is 5.69 Å². The minimum absolute atomic E-state index is 0.109.